The minimum atomic E-state index is 0.267. The van der Waals surface area contributed by atoms with E-state index in [-0.39, 0.29) is 11.3 Å². The third-order valence-corrected chi connectivity index (χ3v) is 4.52. The molecule has 0 aliphatic carbocycles. The number of carbonyl (C=O) groups excluding carboxylic acids is 1. The average molecular weight is 264 g/mol. The lowest BCUT2D eigenvalue weighted by Crippen LogP contribution is -2.47. The van der Waals surface area contributed by atoms with Crippen molar-refractivity contribution in [1.82, 2.24) is 4.90 Å². The lowest BCUT2D eigenvalue weighted by atomic mass is 10.0. The molecule has 0 aromatic heterocycles. The minimum absolute atomic E-state index is 0.267. The molecule has 2 heterocycles. The molecule has 2 aliphatic rings. The molecule has 0 N–H and O–H groups in total. The summed E-state index contributed by atoms with van der Waals surface area (Å²) >= 11 is 6.24. The van der Waals surface area contributed by atoms with Gasteiger partial charge in [-0.2, -0.15) is 0 Å². The largest absolute Gasteiger partial charge is 0.336 e. The van der Waals surface area contributed by atoms with E-state index in [2.05, 4.69) is 4.90 Å². The lowest BCUT2D eigenvalue weighted by molar-refractivity contribution is -0.134. The van der Waals surface area contributed by atoms with Gasteiger partial charge in [-0.25, -0.2) is 0 Å². The van der Waals surface area contributed by atoms with Crippen LogP contribution >= 0.6 is 11.6 Å². The smallest absolute Gasteiger partial charge is 0.227 e. The van der Waals surface area contributed by atoms with Crippen molar-refractivity contribution >= 4 is 17.5 Å². The Bertz CT molecular complexity index is 419. The summed E-state index contributed by atoms with van der Waals surface area (Å²) in [6.45, 7) is 0. The van der Waals surface area contributed by atoms with Gasteiger partial charge in [0.1, 0.15) is 0 Å². The molecule has 1 aromatic rings. The molecule has 0 spiro atoms. The zero-order valence-corrected chi connectivity index (χ0v) is 11.1. The summed E-state index contributed by atoms with van der Waals surface area (Å²) < 4.78 is 0. The maximum atomic E-state index is 12.4. The van der Waals surface area contributed by atoms with Gasteiger partial charge in [0.2, 0.25) is 5.91 Å². The first-order valence-corrected chi connectivity index (χ1v) is 7.17. The van der Waals surface area contributed by atoms with E-state index in [1.165, 1.54) is 0 Å². The Morgan fingerprint density at radius 1 is 1.17 bits per heavy atom. The zero-order valence-electron chi connectivity index (χ0n) is 10.4. The van der Waals surface area contributed by atoms with Crippen molar-refractivity contribution in [2.75, 3.05) is 0 Å². The van der Waals surface area contributed by atoms with Crippen LogP contribution in [0, 0.1) is 0 Å². The van der Waals surface area contributed by atoms with Crippen LogP contribution in [0.25, 0.3) is 0 Å². The molecule has 2 saturated heterocycles. The van der Waals surface area contributed by atoms with E-state index in [9.17, 15) is 4.79 Å². The van der Waals surface area contributed by atoms with Crippen molar-refractivity contribution in [1.29, 1.82) is 0 Å². The number of fused-ring (bicyclic) bond motifs is 2. The van der Waals surface area contributed by atoms with Gasteiger partial charge in [-0.3, -0.25) is 4.79 Å². The van der Waals surface area contributed by atoms with E-state index < -0.39 is 0 Å². The second kappa shape index (κ2) is 4.93. The first kappa shape index (κ1) is 12.0. The SMILES string of the molecule is O=C(Cc1ccccc1)N1C2CCC1CC(Cl)C2. The molecule has 2 atom stereocenters. The van der Waals surface area contributed by atoms with E-state index in [1.807, 2.05) is 30.3 Å². The Morgan fingerprint density at radius 2 is 1.78 bits per heavy atom. The number of rotatable bonds is 2. The van der Waals surface area contributed by atoms with Gasteiger partial charge in [-0.05, 0) is 31.2 Å². The topological polar surface area (TPSA) is 20.3 Å². The fourth-order valence-electron chi connectivity index (χ4n) is 3.38. The predicted octanol–water partition coefficient (Wildman–Crippen LogP) is 2.99. The van der Waals surface area contributed by atoms with Crippen LogP contribution in [0.5, 0.6) is 0 Å². The normalized spacial score (nSPS) is 30.5. The molecule has 1 amide bonds. The van der Waals surface area contributed by atoms with E-state index in [4.69, 9.17) is 11.6 Å². The average Bonchev–Trinajstić information content (AvgIpc) is 2.63. The van der Waals surface area contributed by atoms with Gasteiger partial charge in [0.15, 0.2) is 0 Å². The van der Waals surface area contributed by atoms with Crippen molar-refractivity contribution in [3.8, 4) is 0 Å². The Labute approximate surface area is 113 Å². The summed E-state index contributed by atoms with van der Waals surface area (Å²) in [7, 11) is 0. The number of carbonyl (C=O) groups is 1. The van der Waals surface area contributed by atoms with Crippen LogP contribution < -0.4 is 0 Å². The molecule has 2 fully saturated rings. The Balaban J connectivity index is 1.70. The van der Waals surface area contributed by atoms with Crippen LogP contribution in [0.15, 0.2) is 30.3 Å². The molecule has 2 aliphatic heterocycles. The number of piperidine rings is 1. The van der Waals surface area contributed by atoms with Gasteiger partial charge in [0.05, 0.1) is 6.42 Å². The highest BCUT2D eigenvalue weighted by atomic mass is 35.5. The second-order valence-electron chi connectivity index (χ2n) is 5.42. The van der Waals surface area contributed by atoms with Gasteiger partial charge in [-0.1, -0.05) is 30.3 Å². The molecule has 96 valence electrons. The van der Waals surface area contributed by atoms with E-state index in [1.54, 1.807) is 0 Å². The molecule has 18 heavy (non-hydrogen) atoms. The third-order valence-electron chi connectivity index (χ3n) is 4.16. The van der Waals surface area contributed by atoms with Gasteiger partial charge >= 0.3 is 0 Å². The number of halogens is 1. The summed E-state index contributed by atoms with van der Waals surface area (Å²) in [4.78, 5) is 14.5. The molecule has 0 saturated carbocycles. The van der Waals surface area contributed by atoms with Crippen molar-refractivity contribution in [2.24, 2.45) is 0 Å². The third kappa shape index (κ3) is 2.26. The second-order valence-corrected chi connectivity index (χ2v) is 6.03. The number of hydrogen-bond donors (Lipinski definition) is 0. The molecule has 1 aromatic carbocycles. The number of nitrogens with zero attached hydrogens (tertiary/aromatic N) is 1. The maximum absolute atomic E-state index is 12.4. The summed E-state index contributed by atoms with van der Waals surface area (Å²) in [6, 6.07) is 10.8. The first-order chi connectivity index (χ1) is 8.74. The van der Waals surface area contributed by atoms with Crippen molar-refractivity contribution in [2.45, 2.75) is 49.6 Å². The van der Waals surface area contributed by atoms with Gasteiger partial charge in [0, 0.05) is 17.5 Å². The van der Waals surface area contributed by atoms with Crippen molar-refractivity contribution < 1.29 is 4.79 Å². The maximum Gasteiger partial charge on any atom is 0.227 e. The monoisotopic (exact) mass is 263 g/mol. The summed E-state index contributed by atoms with van der Waals surface area (Å²) in [5.41, 5.74) is 1.11. The highest BCUT2D eigenvalue weighted by Gasteiger charge is 2.42. The Kier molecular flexibility index (Phi) is 3.29. The van der Waals surface area contributed by atoms with Crippen LogP contribution in [-0.2, 0) is 11.2 Å². The van der Waals surface area contributed by atoms with Gasteiger partial charge in [0.25, 0.3) is 0 Å². The molecular formula is C15H18ClNO. The van der Waals surface area contributed by atoms with Gasteiger partial charge in [-0.15, -0.1) is 11.6 Å². The standard InChI is InChI=1S/C15H18ClNO/c16-12-9-13-6-7-14(10-12)17(13)15(18)8-11-4-2-1-3-5-11/h1-5,12-14H,6-10H2. The number of hydrogen-bond acceptors (Lipinski definition) is 1. The molecule has 0 radical (unpaired) electrons. The van der Waals surface area contributed by atoms with Crippen molar-refractivity contribution in [3.63, 3.8) is 0 Å². The summed E-state index contributed by atoms with van der Waals surface area (Å²) in [5, 5.41) is 0.267. The van der Waals surface area contributed by atoms with Crippen LogP contribution in [-0.4, -0.2) is 28.3 Å². The van der Waals surface area contributed by atoms with Crippen LogP contribution in [0.2, 0.25) is 0 Å². The van der Waals surface area contributed by atoms with Crippen molar-refractivity contribution in [3.05, 3.63) is 35.9 Å². The fourth-order valence-corrected chi connectivity index (χ4v) is 3.79. The lowest BCUT2D eigenvalue weighted by Gasteiger charge is -2.37. The first-order valence-electron chi connectivity index (χ1n) is 6.73. The summed E-state index contributed by atoms with van der Waals surface area (Å²) in [5.74, 6) is 0.275. The number of alkyl halides is 1. The van der Waals surface area contributed by atoms with Crippen LogP contribution in [0.1, 0.15) is 31.2 Å². The summed E-state index contributed by atoms with van der Waals surface area (Å²) in [6.07, 6.45) is 4.74. The molecular weight excluding hydrogens is 246 g/mol. The predicted molar refractivity (Wildman–Crippen MR) is 72.7 cm³/mol. The Morgan fingerprint density at radius 3 is 2.39 bits per heavy atom. The van der Waals surface area contributed by atoms with E-state index >= 15 is 0 Å². The molecule has 3 rings (SSSR count). The quantitative estimate of drug-likeness (QED) is 0.751. The minimum Gasteiger partial charge on any atom is -0.336 e. The zero-order chi connectivity index (χ0) is 12.5. The Hall–Kier alpha value is -1.02. The number of amides is 1. The molecule has 2 nitrogen and oxygen atoms in total. The molecule has 2 bridgehead atoms. The fraction of sp³-hybridized carbons (Fsp3) is 0.533. The van der Waals surface area contributed by atoms with E-state index in [0.29, 0.717) is 18.5 Å². The van der Waals surface area contributed by atoms with E-state index in [0.717, 1.165) is 31.2 Å². The highest BCUT2D eigenvalue weighted by molar-refractivity contribution is 6.20. The van der Waals surface area contributed by atoms with Crippen LogP contribution in [0.4, 0.5) is 0 Å². The molecule has 3 heteroatoms. The van der Waals surface area contributed by atoms with Gasteiger partial charge < -0.3 is 4.90 Å². The van der Waals surface area contributed by atoms with Crippen LogP contribution in [0.3, 0.4) is 0 Å². The highest BCUT2D eigenvalue weighted by Crippen LogP contribution is 2.38. The number of benzene rings is 1. The molecule has 2 unspecified atom stereocenters.